The second-order valence-corrected chi connectivity index (χ2v) is 7.30. The number of carbonyl (C=O) groups is 1. The van der Waals surface area contributed by atoms with Crippen LogP contribution in [-0.4, -0.2) is 38.0 Å². The van der Waals surface area contributed by atoms with E-state index < -0.39 is 11.7 Å². The Morgan fingerprint density at radius 2 is 2.03 bits per heavy atom. The molecule has 1 fully saturated rings. The van der Waals surface area contributed by atoms with Crippen molar-refractivity contribution >= 4 is 23.2 Å². The van der Waals surface area contributed by atoms with Gasteiger partial charge in [0.15, 0.2) is 11.6 Å². The first-order chi connectivity index (χ1) is 14.5. The second-order valence-electron chi connectivity index (χ2n) is 7.30. The molecular weight excluding hydrogens is 387 g/mol. The van der Waals surface area contributed by atoms with Gasteiger partial charge in [-0.1, -0.05) is 24.1 Å². The van der Waals surface area contributed by atoms with E-state index in [1.807, 2.05) is 12.1 Å². The highest BCUT2D eigenvalue weighted by Gasteiger charge is 2.24. The zero-order valence-corrected chi connectivity index (χ0v) is 16.3. The molecule has 10 heteroatoms. The Morgan fingerprint density at radius 1 is 1.20 bits per heavy atom. The van der Waals surface area contributed by atoms with E-state index in [1.165, 1.54) is 0 Å². The zero-order valence-electron chi connectivity index (χ0n) is 16.3. The molecule has 1 aliphatic rings. The summed E-state index contributed by atoms with van der Waals surface area (Å²) in [5.41, 5.74) is 13.0. The van der Waals surface area contributed by atoms with E-state index in [0.717, 1.165) is 37.4 Å². The van der Waals surface area contributed by atoms with Gasteiger partial charge in [-0.2, -0.15) is 0 Å². The number of carbonyl (C=O) groups excluding carboxylic acids is 1. The summed E-state index contributed by atoms with van der Waals surface area (Å²) in [6.07, 6.45) is 7.07. The van der Waals surface area contributed by atoms with Gasteiger partial charge in [-0.15, -0.1) is 5.10 Å². The van der Waals surface area contributed by atoms with Crippen molar-refractivity contribution in [1.29, 1.82) is 0 Å². The summed E-state index contributed by atoms with van der Waals surface area (Å²) in [5.74, 6) is -1.23. The van der Waals surface area contributed by atoms with Gasteiger partial charge in [0.2, 0.25) is 0 Å². The number of aromatic nitrogens is 4. The monoisotopic (exact) mass is 410 g/mol. The van der Waals surface area contributed by atoms with Crippen molar-refractivity contribution in [2.24, 2.45) is 11.5 Å². The minimum Gasteiger partial charge on any atom is -0.365 e. The molecule has 0 unspecified atom stereocenters. The summed E-state index contributed by atoms with van der Waals surface area (Å²) in [5, 5.41) is 13.9. The SMILES string of the molecule is NC(=O)c1cc(F)c(N[C@H]2CCCC[C@H]2N)nc1Nc1cccc(-n2ccnn2)c1. The quantitative estimate of drug-likeness (QED) is 0.489. The molecule has 1 aromatic carbocycles. The molecular formula is C20H23FN8O. The van der Waals surface area contributed by atoms with Crippen molar-refractivity contribution in [2.75, 3.05) is 10.6 Å². The lowest BCUT2D eigenvalue weighted by molar-refractivity contribution is 0.100. The predicted octanol–water partition coefficient (Wildman–Crippen LogP) is 2.33. The molecule has 3 aromatic rings. The molecule has 2 heterocycles. The highest BCUT2D eigenvalue weighted by molar-refractivity contribution is 5.98. The van der Waals surface area contributed by atoms with Crippen LogP contribution in [-0.2, 0) is 0 Å². The van der Waals surface area contributed by atoms with E-state index in [1.54, 1.807) is 29.2 Å². The topological polar surface area (TPSA) is 137 Å². The molecule has 2 aromatic heterocycles. The number of rotatable bonds is 6. The predicted molar refractivity (Wildman–Crippen MR) is 111 cm³/mol. The summed E-state index contributed by atoms with van der Waals surface area (Å²) in [6.45, 7) is 0. The van der Waals surface area contributed by atoms with E-state index in [-0.39, 0.29) is 29.3 Å². The van der Waals surface area contributed by atoms with Gasteiger partial charge in [0.1, 0.15) is 5.82 Å². The number of pyridine rings is 1. The lowest BCUT2D eigenvalue weighted by Crippen LogP contribution is -2.43. The first-order valence-corrected chi connectivity index (χ1v) is 9.77. The van der Waals surface area contributed by atoms with Gasteiger partial charge >= 0.3 is 0 Å². The van der Waals surface area contributed by atoms with Gasteiger partial charge in [0.05, 0.1) is 23.6 Å². The Hall–Kier alpha value is -3.53. The largest absolute Gasteiger partial charge is 0.365 e. The molecule has 1 aliphatic carbocycles. The van der Waals surface area contributed by atoms with Crippen LogP contribution in [0.4, 0.5) is 21.7 Å². The smallest absolute Gasteiger partial charge is 0.252 e. The van der Waals surface area contributed by atoms with Crippen LogP contribution in [0.15, 0.2) is 42.7 Å². The van der Waals surface area contributed by atoms with Crippen molar-refractivity contribution in [2.45, 2.75) is 37.8 Å². The fraction of sp³-hybridized carbons (Fsp3) is 0.300. The number of hydrogen-bond donors (Lipinski definition) is 4. The molecule has 0 aliphatic heterocycles. The van der Waals surface area contributed by atoms with Crippen LogP contribution in [0.2, 0.25) is 0 Å². The Kier molecular flexibility index (Phi) is 5.57. The van der Waals surface area contributed by atoms with Crippen molar-refractivity contribution in [3.63, 3.8) is 0 Å². The first kappa shape index (κ1) is 19.8. The summed E-state index contributed by atoms with van der Waals surface area (Å²) in [4.78, 5) is 16.2. The molecule has 0 saturated heterocycles. The molecule has 0 spiro atoms. The maximum absolute atomic E-state index is 14.6. The van der Waals surface area contributed by atoms with Crippen molar-refractivity contribution in [1.82, 2.24) is 20.0 Å². The molecule has 0 bridgehead atoms. The molecule has 9 nitrogen and oxygen atoms in total. The summed E-state index contributed by atoms with van der Waals surface area (Å²) in [6, 6.07) is 8.19. The van der Waals surface area contributed by atoms with Crippen LogP contribution < -0.4 is 22.1 Å². The lowest BCUT2D eigenvalue weighted by atomic mass is 9.91. The number of benzene rings is 1. The van der Waals surface area contributed by atoms with E-state index in [4.69, 9.17) is 11.5 Å². The van der Waals surface area contributed by atoms with Gasteiger partial charge in [0, 0.05) is 17.8 Å². The maximum atomic E-state index is 14.6. The Balaban J connectivity index is 1.64. The van der Waals surface area contributed by atoms with E-state index in [9.17, 15) is 9.18 Å². The van der Waals surface area contributed by atoms with Gasteiger partial charge < -0.3 is 22.1 Å². The summed E-state index contributed by atoms with van der Waals surface area (Å²) in [7, 11) is 0. The van der Waals surface area contributed by atoms with E-state index in [2.05, 4.69) is 25.9 Å². The van der Waals surface area contributed by atoms with Crippen LogP contribution in [0.5, 0.6) is 0 Å². The molecule has 156 valence electrons. The van der Waals surface area contributed by atoms with Gasteiger partial charge in [-0.25, -0.2) is 14.1 Å². The molecule has 1 saturated carbocycles. The maximum Gasteiger partial charge on any atom is 0.252 e. The number of primary amides is 1. The van der Waals surface area contributed by atoms with Gasteiger partial charge in [0.25, 0.3) is 5.91 Å². The molecule has 1 amide bonds. The van der Waals surface area contributed by atoms with Crippen molar-refractivity contribution in [3.05, 3.63) is 54.1 Å². The number of amides is 1. The van der Waals surface area contributed by atoms with E-state index in [0.29, 0.717) is 5.69 Å². The number of halogens is 1. The molecule has 6 N–H and O–H groups in total. The molecule has 4 rings (SSSR count). The highest BCUT2D eigenvalue weighted by Crippen LogP contribution is 2.27. The minimum atomic E-state index is -0.780. The average Bonchev–Trinajstić information content (AvgIpc) is 3.27. The van der Waals surface area contributed by atoms with E-state index >= 15 is 0 Å². The molecule has 30 heavy (non-hydrogen) atoms. The fourth-order valence-electron chi connectivity index (χ4n) is 3.60. The average molecular weight is 410 g/mol. The number of nitrogens with two attached hydrogens (primary N) is 2. The Labute approximate surface area is 172 Å². The third kappa shape index (κ3) is 4.23. The lowest BCUT2D eigenvalue weighted by Gasteiger charge is -2.30. The van der Waals surface area contributed by atoms with Crippen LogP contribution >= 0.6 is 0 Å². The highest BCUT2D eigenvalue weighted by atomic mass is 19.1. The minimum absolute atomic E-state index is 0.0391. The third-order valence-corrected chi connectivity index (χ3v) is 5.18. The van der Waals surface area contributed by atoms with Crippen LogP contribution in [0.3, 0.4) is 0 Å². The first-order valence-electron chi connectivity index (χ1n) is 9.77. The second kappa shape index (κ2) is 8.46. The number of anilines is 3. The standard InChI is InChI=1S/C20H23FN8O/c21-15-11-14(18(23)30)19(27-20(15)26-17-7-2-1-6-16(17)22)25-12-4-3-5-13(10-12)29-9-8-24-28-29/h3-5,8-11,16-17H,1-2,6-7,22H2,(H2,23,30)(H2,25,26,27)/t16-,17+/m1/s1. The normalized spacial score (nSPS) is 18.7. The fourth-order valence-corrected chi connectivity index (χ4v) is 3.60. The third-order valence-electron chi connectivity index (χ3n) is 5.18. The van der Waals surface area contributed by atoms with Crippen LogP contribution in [0.1, 0.15) is 36.0 Å². The number of nitrogens with zero attached hydrogens (tertiary/aromatic N) is 4. The molecule has 0 radical (unpaired) electrons. The van der Waals surface area contributed by atoms with Crippen molar-refractivity contribution in [3.8, 4) is 5.69 Å². The molecule has 2 atom stereocenters. The Bertz CT molecular complexity index is 1040. The van der Waals surface area contributed by atoms with Crippen molar-refractivity contribution < 1.29 is 9.18 Å². The van der Waals surface area contributed by atoms with Crippen LogP contribution in [0, 0.1) is 5.82 Å². The number of hydrogen-bond acceptors (Lipinski definition) is 7. The summed E-state index contributed by atoms with van der Waals surface area (Å²) < 4.78 is 16.2. The number of nitrogens with one attached hydrogen (secondary N) is 2. The van der Waals surface area contributed by atoms with Crippen LogP contribution in [0.25, 0.3) is 5.69 Å². The summed E-state index contributed by atoms with van der Waals surface area (Å²) >= 11 is 0. The zero-order chi connectivity index (χ0) is 21.1. The van der Waals surface area contributed by atoms with Gasteiger partial charge in [-0.3, -0.25) is 4.79 Å². The van der Waals surface area contributed by atoms with Gasteiger partial charge in [-0.05, 0) is 37.1 Å². The Morgan fingerprint density at radius 3 is 2.77 bits per heavy atom.